The Morgan fingerprint density at radius 3 is 2.88 bits per heavy atom. The van der Waals surface area contributed by atoms with Gasteiger partial charge in [0, 0.05) is 6.54 Å². The molecule has 1 aromatic carbocycles. The van der Waals surface area contributed by atoms with Crippen LogP contribution in [0, 0.1) is 11.7 Å². The van der Waals surface area contributed by atoms with E-state index in [9.17, 15) is 4.39 Å². The predicted octanol–water partition coefficient (Wildman–Crippen LogP) is 3.71. The van der Waals surface area contributed by atoms with Crippen molar-refractivity contribution >= 4 is 23.4 Å². The van der Waals surface area contributed by atoms with Crippen molar-refractivity contribution in [2.24, 2.45) is 5.92 Å². The van der Waals surface area contributed by atoms with Crippen molar-refractivity contribution in [2.45, 2.75) is 19.4 Å². The first-order valence-corrected chi connectivity index (χ1v) is 7.52. The van der Waals surface area contributed by atoms with Gasteiger partial charge in [0.1, 0.15) is 5.82 Å². The van der Waals surface area contributed by atoms with Crippen molar-refractivity contribution in [3.05, 3.63) is 34.6 Å². The van der Waals surface area contributed by atoms with E-state index in [-0.39, 0.29) is 10.8 Å². The fourth-order valence-corrected chi connectivity index (χ4v) is 3.44. The second kappa shape index (κ2) is 6.62. The monoisotopic (exact) mass is 273 g/mol. The second-order valence-corrected chi connectivity index (χ2v) is 6.00. The molecule has 0 unspecified atom stereocenters. The summed E-state index contributed by atoms with van der Waals surface area (Å²) in [5.74, 6) is 2.98. The highest BCUT2D eigenvalue weighted by Crippen LogP contribution is 2.23. The average molecular weight is 274 g/mol. The van der Waals surface area contributed by atoms with E-state index < -0.39 is 0 Å². The van der Waals surface area contributed by atoms with Gasteiger partial charge in [-0.15, -0.1) is 0 Å². The molecular weight excluding hydrogens is 257 g/mol. The summed E-state index contributed by atoms with van der Waals surface area (Å²) in [6, 6.07) is 4.97. The number of thioether (sulfide) groups is 1. The molecule has 0 bridgehead atoms. The van der Waals surface area contributed by atoms with E-state index in [2.05, 4.69) is 5.32 Å². The molecule has 0 radical (unpaired) electrons. The van der Waals surface area contributed by atoms with E-state index in [1.165, 1.54) is 30.4 Å². The molecule has 0 aliphatic carbocycles. The van der Waals surface area contributed by atoms with Crippen molar-refractivity contribution in [3.63, 3.8) is 0 Å². The summed E-state index contributed by atoms with van der Waals surface area (Å²) in [5.41, 5.74) is 0.844. The lowest BCUT2D eigenvalue weighted by Gasteiger charge is -2.21. The first-order chi connectivity index (χ1) is 8.27. The van der Waals surface area contributed by atoms with Gasteiger partial charge in [-0.1, -0.05) is 23.7 Å². The van der Waals surface area contributed by atoms with Crippen LogP contribution in [0.15, 0.2) is 18.2 Å². The Morgan fingerprint density at radius 1 is 1.35 bits per heavy atom. The minimum Gasteiger partial charge on any atom is -0.312 e. The zero-order chi connectivity index (χ0) is 12.1. The zero-order valence-electron chi connectivity index (χ0n) is 9.72. The van der Waals surface area contributed by atoms with Gasteiger partial charge in [-0.2, -0.15) is 11.8 Å². The van der Waals surface area contributed by atoms with Crippen LogP contribution in [-0.4, -0.2) is 18.1 Å². The Kier molecular flexibility index (Phi) is 5.14. The third-order valence-corrected chi connectivity index (χ3v) is 4.59. The molecular formula is C13H17ClFNS. The minimum atomic E-state index is -0.333. The van der Waals surface area contributed by atoms with Crippen LogP contribution >= 0.6 is 23.4 Å². The number of halogens is 2. The van der Waals surface area contributed by atoms with Crippen LogP contribution in [0.25, 0.3) is 0 Å². The summed E-state index contributed by atoms with van der Waals surface area (Å²) in [5, 5.41) is 3.63. The van der Waals surface area contributed by atoms with Gasteiger partial charge in [0.2, 0.25) is 0 Å². The molecule has 0 spiro atoms. The molecule has 1 aliphatic rings. The highest BCUT2D eigenvalue weighted by Gasteiger charge is 2.13. The standard InChI is InChI=1S/C13H17ClFNS/c14-13-11(2-1-3-12(13)15)9-16-8-10-4-6-17-7-5-10/h1-3,10,16H,4-9H2. The summed E-state index contributed by atoms with van der Waals surface area (Å²) in [6.45, 7) is 1.66. The Hall–Kier alpha value is -0.250. The van der Waals surface area contributed by atoms with Crippen molar-refractivity contribution < 1.29 is 4.39 Å². The molecule has 1 heterocycles. The minimum absolute atomic E-state index is 0.249. The van der Waals surface area contributed by atoms with Gasteiger partial charge in [-0.05, 0) is 48.4 Å². The summed E-state index contributed by atoms with van der Waals surface area (Å²) < 4.78 is 13.2. The zero-order valence-corrected chi connectivity index (χ0v) is 11.3. The SMILES string of the molecule is Fc1cccc(CNCC2CCSCC2)c1Cl. The lowest BCUT2D eigenvalue weighted by Crippen LogP contribution is -2.25. The Morgan fingerprint density at radius 2 is 2.12 bits per heavy atom. The number of hydrogen-bond acceptors (Lipinski definition) is 2. The molecule has 94 valence electrons. The lowest BCUT2D eigenvalue weighted by molar-refractivity contribution is 0.447. The summed E-state index contributed by atoms with van der Waals surface area (Å²) in [4.78, 5) is 0. The van der Waals surface area contributed by atoms with E-state index in [1.807, 2.05) is 17.8 Å². The molecule has 0 aromatic heterocycles. The van der Waals surface area contributed by atoms with E-state index in [1.54, 1.807) is 6.07 Å². The smallest absolute Gasteiger partial charge is 0.142 e. The van der Waals surface area contributed by atoms with Gasteiger partial charge in [-0.25, -0.2) is 4.39 Å². The maximum atomic E-state index is 13.2. The van der Waals surface area contributed by atoms with Crippen molar-refractivity contribution in [2.75, 3.05) is 18.1 Å². The number of benzene rings is 1. The van der Waals surface area contributed by atoms with Crippen LogP contribution in [-0.2, 0) is 6.54 Å². The third-order valence-electron chi connectivity index (χ3n) is 3.12. The van der Waals surface area contributed by atoms with E-state index >= 15 is 0 Å². The van der Waals surface area contributed by atoms with E-state index in [0.717, 1.165) is 18.0 Å². The Balaban J connectivity index is 1.79. The van der Waals surface area contributed by atoms with Crippen molar-refractivity contribution in [1.82, 2.24) is 5.32 Å². The summed E-state index contributed by atoms with van der Waals surface area (Å²) in [7, 11) is 0. The molecule has 1 aromatic rings. The number of rotatable bonds is 4. The molecule has 1 saturated heterocycles. The molecule has 0 atom stereocenters. The topological polar surface area (TPSA) is 12.0 Å². The lowest BCUT2D eigenvalue weighted by atomic mass is 10.0. The van der Waals surface area contributed by atoms with E-state index in [0.29, 0.717) is 6.54 Å². The molecule has 1 fully saturated rings. The van der Waals surface area contributed by atoms with Gasteiger partial charge in [-0.3, -0.25) is 0 Å². The molecule has 4 heteroatoms. The molecule has 1 aliphatic heterocycles. The van der Waals surface area contributed by atoms with Crippen LogP contribution in [0.1, 0.15) is 18.4 Å². The van der Waals surface area contributed by atoms with Gasteiger partial charge in [0.05, 0.1) is 5.02 Å². The first kappa shape index (κ1) is 13.2. The largest absolute Gasteiger partial charge is 0.312 e. The maximum absolute atomic E-state index is 13.2. The number of nitrogens with one attached hydrogen (secondary N) is 1. The van der Waals surface area contributed by atoms with E-state index in [4.69, 9.17) is 11.6 Å². The normalized spacial score (nSPS) is 17.3. The van der Waals surface area contributed by atoms with Crippen LogP contribution in [0.2, 0.25) is 5.02 Å². The highest BCUT2D eigenvalue weighted by atomic mass is 35.5. The van der Waals surface area contributed by atoms with Gasteiger partial charge in [0.25, 0.3) is 0 Å². The summed E-state index contributed by atoms with van der Waals surface area (Å²) in [6.07, 6.45) is 2.57. The van der Waals surface area contributed by atoms with Crippen molar-refractivity contribution in [3.8, 4) is 0 Å². The first-order valence-electron chi connectivity index (χ1n) is 5.98. The average Bonchev–Trinajstić information content (AvgIpc) is 2.36. The molecule has 2 rings (SSSR count). The summed E-state index contributed by atoms with van der Waals surface area (Å²) >= 11 is 7.93. The fraction of sp³-hybridized carbons (Fsp3) is 0.538. The number of hydrogen-bond donors (Lipinski definition) is 1. The molecule has 17 heavy (non-hydrogen) atoms. The van der Waals surface area contributed by atoms with Gasteiger partial charge >= 0.3 is 0 Å². The maximum Gasteiger partial charge on any atom is 0.142 e. The highest BCUT2D eigenvalue weighted by molar-refractivity contribution is 7.99. The predicted molar refractivity (Wildman–Crippen MR) is 73.2 cm³/mol. The Bertz CT molecular complexity index is 366. The van der Waals surface area contributed by atoms with Gasteiger partial charge in [0.15, 0.2) is 0 Å². The molecule has 1 nitrogen and oxygen atoms in total. The van der Waals surface area contributed by atoms with Crippen LogP contribution in [0.3, 0.4) is 0 Å². The molecule has 1 N–H and O–H groups in total. The van der Waals surface area contributed by atoms with Gasteiger partial charge < -0.3 is 5.32 Å². The van der Waals surface area contributed by atoms with Crippen LogP contribution < -0.4 is 5.32 Å². The third kappa shape index (κ3) is 3.87. The fourth-order valence-electron chi connectivity index (χ4n) is 2.05. The van der Waals surface area contributed by atoms with Crippen LogP contribution in [0.4, 0.5) is 4.39 Å². The van der Waals surface area contributed by atoms with Crippen molar-refractivity contribution in [1.29, 1.82) is 0 Å². The quantitative estimate of drug-likeness (QED) is 0.898. The Labute approximate surface area is 111 Å². The second-order valence-electron chi connectivity index (χ2n) is 4.40. The molecule has 0 amide bonds. The molecule has 0 saturated carbocycles. The van der Waals surface area contributed by atoms with Crippen LogP contribution in [0.5, 0.6) is 0 Å².